The zero-order valence-corrected chi connectivity index (χ0v) is 7.51. The minimum atomic E-state index is -0.640. The second-order valence-electron chi connectivity index (χ2n) is 2.14. The predicted octanol–water partition coefficient (Wildman–Crippen LogP) is 1.39. The number of ether oxygens (including phenoxy) is 1. The van der Waals surface area contributed by atoms with Crippen LogP contribution in [0.1, 0.15) is 0 Å². The third-order valence-corrected chi connectivity index (χ3v) is 1.68. The first-order valence-electron chi connectivity index (χ1n) is 3.34. The largest absolute Gasteiger partial charge is 0.569 e. The molecule has 0 saturated carbocycles. The Morgan fingerprint density at radius 2 is 2.15 bits per heavy atom. The molecule has 0 spiro atoms. The summed E-state index contributed by atoms with van der Waals surface area (Å²) in [6.45, 7) is 0. The Labute approximate surface area is 80.3 Å². The summed E-state index contributed by atoms with van der Waals surface area (Å²) >= 11 is 5.48. The van der Waals surface area contributed by atoms with Crippen LogP contribution in [0.15, 0.2) is 12.1 Å². The average Bonchev–Trinajstić information content (AvgIpc) is 2.11. The molecule has 69 valence electrons. The van der Waals surface area contributed by atoms with Gasteiger partial charge in [-0.15, -0.1) is 0 Å². The van der Waals surface area contributed by atoms with Crippen molar-refractivity contribution in [3.8, 4) is 11.5 Å². The quantitative estimate of drug-likeness (QED) is 0.755. The number of hydrogen-bond donors (Lipinski definition) is 1. The molecule has 3 nitrogen and oxygen atoms in total. The summed E-state index contributed by atoms with van der Waals surface area (Å²) < 4.78 is 22.3. The SMILES string of the molecule is COc1cc(Cl)c(F)cc1O[B]O. The van der Waals surface area contributed by atoms with E-state index in [-0.39, 0.29) is 16.5 Å². The van der Waals surface area contributed by atoms with E-state index in [0.717, 1.165) is 6.07 Å². The van der Waals surface area contributed by atoms with Crippen LogP contribution in [0.2, 0.25) is 5.02 Å². The maximum Gasteiger partial charge on any atom is 0.569 e. The molecule has 1 aromatic carbocycles. The molecule has 0 aromatic heterocycles. The highest BCUT2D eigenvalue weighted by Gasteiger charge is 2.10. The molecule has 13 heavy (non-hydrogen) atoms. The molecular formula is C7H6BClFO3. The van der Waals surface area contributed by atoms with E-state index in [2.05, 4.69) is 4.65 Å². The van der Waals surface area contributed by atoms with Crippen molar-refractivity contribution >= 4 is 19.3 Å². The van der Waals surface area contributed by atoms with E-state index in [9.17, 15) is 4.39 Å². The van der Waals surface area contributed by atoms with Crippen molar-refractivity contribution < 1.29 is 18.8 Å². The van der Waals surface area contributed by atoms with Crippen molar-refractivity contribution in [2.24, 2.45) is 0 Å². The van der Waals surface area contributed by atoms with E-state index >= 15 is 0 Å². The van der Waals surface area contributed by atoms with Crippen molar-refractivity contribution in [2.45, 2.75) is 0 Å². The maximum absolute atomic E-state index is 12.9. The van der Waals surface area contributed by atoms with E-state index in [1.165, 1.54) is 13.2 Å². The first-order chi connectivity index (χ1) is 6.19. The molecule has 0 heterocycles. The molecule has 0 saturated heterocycles. The Kier molecular flexibility index (Phi) is 3.39. The first-order valence-corrected chi connectivity index (χ1v) is 3.72. The van der Waals surface area contributed by atoms with Crippen LogP contribution in [0.25, 0.3) is 0 Å². The zero-order chi connectivity index (χ0) is 9.84. The van der Waals surface area contributed by atoms with Gasteiger partial charge in [-0.2, -0.15) is 0 Å². The van der Waals surface area contributed by atoms with E-state index in [4.69, 9.17) is 21.4 Å². The van der Waals surface area contributed by atoms with Gasteiger partial charge < -0.3 is 14.4 Å². The van der Waals surface area contributed by atoms with Gasteiger partial charge in [0.05, 0.1) is 12.1 Å². The Morgan fingerprint density at radius 3 is 2.69 bits per heavy atom. The molecule has 1 aromatic rings. The van der Waals surface area contributed by atoms with Gasteiger partial charge in [0.1, 0.15) is 11.6 Å². The van der Waals surface area contributed by atoms with Crippen LogP contribution in [-0.2, 0) is 0 Å². The summed E-state index contributed by atoms with van der Waals surface area (Å²) in [4.78, 5) is 0. The summed E-state index contributed by atoms with van der Waals surface area (Å²) in [5, 5.41) is 8.27. The van der Waals surface area contributed by atoms with Crippen molar-refractivity contribution in [1.82, 2.24) is 0 Å². The summed E-state index contributed by atoms with van der Waals surface area (Å²) in [7, 11) is 1.82. The van der Waals surface area contributed by atoms with Crippen LogP contribution < -0.4 is 9.39 Å². The predicted molar refractivity (Wildman–Crippen MR) is 46.6 cm³/mol. The molecule has 1 rings (SSSR count). The van der Waals surface area contributed by atoms with Gasteiger partial charge in [-0.05, 0) is 0 Å². The lowest BCUT2D eigenvalue weighted by atomic mass is 10.3. The van der Waals surface area contributed by atoms with Crippen molar-refractivity contribution in [1.29, 1.82) is 0 Å². The summed E-state index contributed by atoms with van der Waals surface area (Å²) in [5.41, 5.74) is 0. The topological polar surface area (TPSA) is 38.7 Å². The summed E-state index contributed by atoms with van der Waals surface area (Å²) in [6, 6.07) is 2.28. The highest BCUT2D eigenvalue weighted by Crippen LogP contribution is 2.31. The molecular weight excluding hydrogens is 197 g/mol. The van der Waals surface area contributed by atoms with Gasteiger partial charge in [0.25, 0.3) is 0 Å². The fraction of sp³-hybridized carbons (Fsp3) is 0.143. The minimum Gasteiger partial charge on any atom is -0.535 e. The minimum absolute atomic E-state index is 0.0619. The van der Waals surface area contributed by atoms with Crippen molar-refractivity contribution in [3.63, 3.8) is 0 Å². The Hall–Kier alpha value is -0.935. The molecule has 0 unspecified atom stereocenters. The lowest BCUT2D eigenvalue weighted by Crippen LogP contribution is -2.02. The monoisotopic (exact) mass is 203 g/mol. The van der Waals surface area contributed by atoms with E-state index in [1.54, 1.807) is 0 Å². The van der Waals surface area contributed by atoms with Gasteiger partial charge in [0, 0.05) is 12.1 Å². The highest BCUT2D eigenvalue weighted by molar-refractivity contribution is 6.31. The third-order valence-electron chi connectivity index (χ3n) is 1.39. The lowest BCUT2D eigenvalue weighted by Gasteiger charge is -2.08. The van der Waals surface area contributed by atoms with Crippen LogP contribution in [0.4, 0.5) is 4.39 Å². The Bertz CT molecular complexity index is 308. The summed E-state index contributed by atoms with van der Waals surface area (Å²) in [6.07, 6.45) is 0. The van der Waals surface area contributed by atoms with E-state index in [0.29, 0.717) is 7.69 Å². The molecule has 0 aliphatic rings. The number of halogens is 2. The average molecular weight is 203 g/mol. The van der Waals surface area contributed by atoms with Gasteiger partial charge in [-0.1, -0.05) is 11.6 Å². The van der Waals surface area contributed by atoms with Gasteiger partial charge in [-0.25, -0.2) is 4.39 Å². The molecule has 1 N–H and O–H groups in total. The van der Waals surface area contributed by atoms with Crippen molar-refractivity contribution in [2.75, 3.05) is 7.11 Å². The second kappa shape index (κ2) is 4.34. The Balaban J connectivity index is 3.09. The number of methoxy groups -OCH3 is 1. The van der Waals surface area contributed by atoms with Crippen molar-refractivity contribution in [3.05, 3.63) is 23.0 Å². The highest BCUT2D eigenvalue weighted by atomic mass is 35.5. The van der Waals surface area contributed by atoms with Crippen LogP contribution in [0.5, 0.6) is 11.5 Å². The number of rotatable bonds is 3. The van der Waals surface area contributed by atoms with Crippen LogP contribution >= 0.6 is 11.6 Å². The summed E-state index contributed by atoms with van der Waals surface area (Å²) in [5.74, 6) is -0.331. The maximum atomic E-state index is 12.9. The Morgan fingerprint density at radius 1 is 1.46 bits per heavy atom. The van der Waals surface area contributed by atoms with E-state index < -0.39 is 5.82 Å². The van der Waals surface area contributed by atoms with Crippen LogP contribution in [0.3, 0.4) is 0 Å². The molecule has 0 bridgehead atoms. The molecule has 0 atom stereocenters. The van der Waals surface area contributed by atoms with Gasteiger partial charge >= 0.3 is 7.69 Å². The second-order valence-corrected chi connectivity index (χ2v) is 2.55. The fourth-order valence-electron chi connectivity index (χ4n) is 0.819. The lowest BCUT2D eigenvalue weighted by molar-refractivity contribution is 0.379. The van der Waals surface area contributed by atoms with Crippen LogP contribution in [-0.4, -0.2) is 19.8 Å². The number of hydrogen-bond acceptors (Lipinski definition) is 3. The molecule has 0 fully saturated rings. The third kappa shape index (κ3) is 2.26. The molecule has 6 heteroatoms. The molecule has 1 radical (unpaired) electrons. The van der Waals surface area contributed by atoms with Crippen LogP contribution in [0, 0.1) is 5.82 Å². The molecule has 0 aliphatic carbocycles. The normalized spacial score (nSPS) is 9.54. The van der Waals surface area contributed by atoms with Gasteiger partial charge in [0.15, 0.2) is 5.75 Å². The smallest absolute Gasteiger partial charge is 0.535 e. The first kappa shape index (κ1) is 10.1. The standard InChI is InChI=1S/C7H6BClFO3/c1-12-6-2-4(9)5(10)3-7(6)13-8-11/h2-3,11H,1H3. The van der Waals surface area contributed by atoms with Gasteiger partial charge in [0.2, 0.25) is 0 Å². The van der Waals surface area contributed by atoms with Gasteiger partial charge in [-0.3, -0.25) is 0 Å². The molecule has 0 aliphatic heterocycles. The fourth-order valence-corrected chi connectivity index (χ4v) is 0.972. The van der Waals surface area contributed by atoms with E-state index in [1.807, 2.05) is 0 Å². The molecule has 0 amide bonds. The number of benzene rings is 1. The zero-order valence-electron chi connectivity index (χ0n) is 6.75.